The van der Waals surface area contributed by atoms with E-state index in [1.165, 1.54) is 11.4 Å². The largest absolute Gasteiger partial charge is 0.403 e. The minimum absolute atomic E-state index is 0.464. The summed E-state index contributed by atoms with van der Waals surface area (Å²) in [7, 11) is 0. The lowest BCUT2D eigenvalue weighted by atomic mass is 10.1. The SMILES string of the molecule is CC(=N/C(=C\N)CNc1cc(C)ccc1N)c1ccc(N(O)N2CCCNC2)cc1. The van der Waals surface area contributed by atoms with Crippen LogP contribution in [0.1, 0.15) is 24.5 Å². The van der Waals surface area contributed by atoms with Crippen molar-refractivity contribution in [2.45, 2.75) is 20.3 Å². The second-order valence-corrected chi connectivity index (χ2v) is 7.38. The smallest absolute Gasteiger partial charge is 0.0824 e. The Labute approximate surface area is 177 Å². The number of hydrogen-bond donors (Lipinski definition) is 5. The number of rotatable bonds is 7. The minimum atomic E-state index is 0.464. The van der Waals surface area contributed by atoms with E-state index in [0.717, 1.165) is 42.0 Å². The van der Waals surface area contributed by atoms with E-state index in [1.807, 2.05) is 61.3 Å². The van der Waals surface area contributed by atoms with Crippen molar-refractivity contribution in [3.63, 3.8) is 0 Å². The van der Waals surface area contributed by atoms with Crippen molar-refractivity contribution >= 4 is 22.8 Å². The minimum Gasteiger partial charge on any atom is -0.403 e. The predicted octanol–water partition coefficient (Wildman–Crippen LogP) is 2.66. The van der Waals surface area contributed by atoms with Gasteiger partial charge in [-0.25, -0.2) is 0 Å². The molecule has 30 heavy (non-hydrogen) atoms. The first-order valence-corrected chi connectivity index (χ1v) is 10.1. The van der Waals surface area contributed by atoms with E-state index < -0.39 is 0 Å². The lowest BCUT2D eigenvalue weighted by Gasteiger charge is -2.34. The Morgan fingerprint density at radius 2 is 2.07 bits per heavy atom. The average Bonchev–Trinajstić information content (AvgIpc) is 2.78. The molecule has 3 rings (SSSR count). The molecule has 0 bridgehead atoms. The zero-order valence-electron chi connectivity index (χ0n) is 17.6. The molecule has 0 aliphatic carbocycles. The zero-order chi connectivity index (χ0) is 21.5. The molecule has 0 spiro atoms. The van der Waals surface area contributed by atoms with Crippen LogP contribution in [0.15, 0.2) is 59.4 Å². The van der Waals surface area contributed by atoms with Crippen LogP contribution in [0.5, 0.6) is 0 Å². The highest BCUT2D eigenvalue weighted by molar-refractivity contribution is 5.99. The third-order valence-electron chi connectivity index (χ3n) is 5.02. The van der Waals surface area contributed by atoms with Crippen LogP contribution in [0.3, 0.4) is 0 Å². The maximum atomic E-state index is 10.4. The summed E-state index contributed by atoms with van der Waals surface area (Å²) in [4.78, 5) is 4.65. The fourth-order valence-electron chi connectivity index (χ4n) is 3.26. The number of nitrogens with zero attached hydrogens (tertiary/aromatic N) is 3. The molecule has 2 aromatic rings. The molecule has 0 aromatic heterocycles. The molecule has 2 aromatic carbocycles. The van der Waals surface area contributed by atoms with Gasteiger partial charge in [-0.05, 0) is 62.2 Å². The highest BCUT2D eigenvalue weighted by atomic mass is 16.5. The highest BCUT2D eigenvalue weighted by Crippen LogP contribution is 2.20. The van der Waals surface area contributed by atoms with Crippen LogP contribution in [-0.2, 0) is 0 Å². The van der Waals surface area contributed by atoms with Crippen molar-refractivity contribution in [3.05, 3.63) is 65.5 Å². The van der Waals surface area contributed by atoms with E-state index in [2.05, 4.69) is 15.6 Å². The summed E-state index contributed by atoms with van der Waals surface area (Å²) >= 11 is 0. The molecule has 1 aliphatic heterocycles. The molecular formula is C22H31N7O. The van der Waals surface area contributed by atoms with Crippen LogP contribution in [0.4, 0.5) is 17.1 Å². The maximum absolute atomic E-state index is 10.4. The predicted molar refractivity (Wildman–Crippen MR) is 123 cm³/mol. The van der Waals surface area contributed by atoms with Crippen LogP contribution in [0.25, 0.3) is 0 Å². The first-order chi connectivity index (χ1) is 14.5. The molecule has 0 unspecified atom stereocenters. The maximum Gasteiger partial charge on any atom is 0.0824 e. The van der Waals surface area contributed by atoms with Crippen molar-refractivity contribution < 1.29 is 5.21 Å². The fourth-order valence-corrected chi connectivity index (χ4v) is 3.26. The molecular weight excluding hydrogens is 378 g/mol. The van der Waals surface area contributed by atoms with E-state index >= 15 is 0 Å². The topological polar surface area (TPSA) is 115 Å². The monoisotopic (exact) mass is 409 g/mol. The van der Waals surface area contributed by atoms with Crippen LogP contribution in [0, 0.1) is 6.92 Å². The fraction of sp³-hybridized carbons (Fsp3) is 0.318. The standard InChI is InChI=1S/C22H31N7O/c1-16-4-9-21(24)22(12-16)26-14-19(13-23)27-17(2)18-5-7-20(8-6-18)29(30)28-11-3-10-25-15-28/h4-9,12-13,25-26,30H,3,10-11,14-15,23-24H2,1-2H3/b19-13-,27-17?. The van der Waals surface area contributed by atoms with E-state index in [4.69, 9.17) is 11.5 Å². The van der Waals surface area contributed by atoms with Crippen LogP contribution in [-0.4, -0.2) is 42.2 Å². The van der Waals surface area contributed by atoms with Crippen molar-refractivity contribution in [3.8, 4) is 0 Å². The van der Waals surface area contributed by atoms with Crippen LogP contribution >= 0.6 is 0 Å². The third-order valence-corrected chi connectivity index (χ3v) is 5.02. The van der Waals surface area contributed by atoms with E-state index in [0.29, 0.717) is 30.3 Å². The molecule has 1 fully saturated rings. The Morgan fingerprint density at radius 3 is 2.73 bits per heavy atom. The highest BCUT2D eigenvalue weighted by Gasteiger charge is 2.16. The Morgan fingerprint density at radius 1 is 1.30 bits per heavy atom. The summed E-state index contributed by atoms with van der Waals surface area (Å²) in [6.07, 6.45) is 2.49. The molecule has 1 aliphatic rings. The Kier molecular flexibility index (Phi) is 7.29. The summed E-state index contributed by atoms with van der Waals surface area (Å²) in [5.41, 5.74) is 17.7. The van der Waals surface area contributed by atoms with Crippen LogP contribution < -0.4 is 27.3 Å². The van der Waals surface area contributed by atoms with Gasteiger partial charge in [-0.1, -0.05) is 18.2 Å². The van der Waals surface area contributed by atoms with Gasteiger partial charge in [0.05, 0.1) is 36.0 Å². The number of nitrogens with one attached hydrogen (secondary N) is 2. The molecule has 160 valence electrons. The van der Waals surface area contributed by atoms with Crippen molar-refractivity contribution in [1.29, 1.82) is 0 Å². The lowest BCUT2D eigenvalue weighted by Crippen LogP contribution is -2.50. The number of aryl methyl sites for hydroxylation is 1. The molecule has 1 saturated heterocycles. The molecule has 0 atom stereocenters. The Hall–Kier alpha value is -3.07. The molecule has 8 nitrogen and oxygen atoms in total. The number of hydrogen-bond acceptors (Lipinski definition) is 8. The summed E-state index contributed by atoms with van der Waals surface area (Å²) in [5.74, 6) is 0. The zero-order valence-corrected chi connectivity index (χ0v) is 17.6. The van der Waals surface area contributed by atoms with Gasteiger partial charge in [-0.3, -0.25) is 10.2 Å². The Bertz CT molecular complexity index is 902. The summed E-state index contributed by atoms with van der Waals surface area (Å²) in [6.45, 7) is 6.83. The van der Waals surface area contributed by atoms with Gasteiger partial charge in [0, 0.05) is 18.5 Å². The van der Waals surface area contributed by atoms with E-state index in [1.54, 1.807) is 0 Å². The normalized spacial score (nSPS) is 15.8. The van der Waals surface area contributed by atoms with Crippen LogP contribution in [0.2, 0.25) is 0 Å². The number of benzene rings is 2. The first-order valence-electron chi connectivity index (χ1n) is 10.1. The van der Waals surface area contributed by atoms with Gasteiger partial charge in [-0.2, -0.15) is 10.2 Å². The average molecular weight is 410 g/mol. The molecule has 1 heterocycles. The Balaban J connectivity index is 1.65. The number of anilines is 3. The molecule has 0 amide bonds. The number of hydrazine groups is 1. The van der Waals surface area contributed by atoms with Gasteiger partial charge in [-0.15, -0.1) is 0 Å². The quantitative estimate of drug-likeness (QED) is 0.271. The third kappa shape index (κ3) is 5.50. The van der Waals surface area contributed by atoms with Gasteiger partial charge < -0.3 is 22.1 Å². The lowest BCUT2D eigenvalue weighted by molar-refractivity contribution is 0.0452. The van der Waals surface area contributed by atoms with Crippen molar-refractivity contribution in [2.75, 3.05) is 42.5 Å². The second-order valence-electron chi connectivity index (χ2n) is 7.38. The summed E-state index contributed by atoms with van der Waals surface area (Å²) in [6, 6.07) is 13.5. The van der Waals surface area contributed by atoms with E-state index in [9.17, 15) is 5.21 Å². The van der Waals surface area contributed by atoms with Crippen molar-refractivity contribution in [1.82, 2.24) is 10.3 Å². The molecule has 7 N–H and O–H groups in total. The van der Waals surface area contributed by atoms with Gasteiger partial charge in [0.2, 0.25) is 0 Å². The number of nitrogen functional groups attached to an aromatic ring is 1. The summed E-state index contributed by atoms with van der Waals surface area (Å²) in [5, 5.41) is 20.0. The van der Waals surface area contributed by atoms with Gasteiger partial charge >= 0.3 is 0 Å². The van der Waals surface area contributed by atoms with Gasteiger partial charge in [0.1, 0.15) is 0 Å². The number of aliphatic imine (C=N–C) groups is 1. The molecule has 0 saturated carbocycles. The molecule has 0 radical (unpaired) electrons. The second kappa shape index (κ2) is 10.1. The van der Waals surface area contributed by atoms with Gasteiger partial charge in [0.15, 0.2) is 0 Å². The van der Waals surface area contributed by atoms with Gasteiger partial charge in [0.25, 0.3) is 0 Å². The summed E-state index contributed by atoms with van der Waals surface area (Å²) < 4.78 is 0. The molecule has 8 heteroatoms. The van der Waals surface area contributed by atoms with Crippen molar-refractivity contribution in [2.24, 2.45) is 10.7 Å². The van der Waals surface area contributed by atoms with E-state index in [-0.39, 0.29) is 0 Å². The first kappa shape index (κ1) is 21.6. The number of nitrogens with two attached hydrogens (primary N) is 2.